The van der Waals surface area contributed by atoms with Gasteiger partial charge in [0.2, 0.25) is 11.7 Å². The second-order valence-corrected chi connectivity index (χ2v) is 6.35. The van der Waals surface area contributed by atoms with Gasteiger partial charge in [0.05, 0.1) is 21.3 Å². The van der Waals surface area contributed by atoms with Gasteiger partial charge in [-0.05, 0) is 29.3 Å². The number of hydrogen-bond donors (Lipinski definition) is 1. The molecule has 1 amide bonds. The standard InChI is InChI=1S/C20H21NO6/c1-23-17-6-11(7-18(24-2)20(17)25-3)12-9-19(22)21-14-10-16-15(8-13(12)14)26-4-5-27-16/h6-8,10,12H,4-5,9H2,1-3H3,(H,21,22)/t12-/m1/s1. The number of methoxy groups -OCH3 is 3. The number of nitrogens with one attached hydrogen (secondary N) is 1. The number of amides is 1. The summed E-state index contributed by atoms with van der Waals surface area (Å²) in [5.74, 6) is 2.73. The number of ether oxygens (including phenoxy) is 5. The van der Waals surface area contributed by atoms with Gasteiger partial charge in [-0.3, -0.25) is 4.79 Å². The van der Waals surface area contributed by atoms with Crippen molar-refractivity contribution >= 4 is 11.6 Å². The zero-order chi connectivity index (χ0) is 19.0. The van der Waals surface area contributed by atoms with Crippen LogP contribution < -0.4 is 29.0 Å². The highest BCUT2D eigenvalue weighted by molar-refractivity contribution is 5.96. The summed E-state index contributed by atoms with van der Waals surface area (Å²) < 4.78 is 27.7. The fraction of sp³-hybridized carbons (Fsp3) is 0.350. The summed E-state index contributed by atoms with van der Waals surface area (Å²) in [6.45, 7) is 1.00. The number of rotatable bonds is 4. The van der Waals surface area contributed by atoms with Gasteiger partial charge >= 0.3 is 0 Å². The molecule has 7 nitrogen and oxygen atoms in total. The summed E-state index contributed by atoms with van der Waals surface area (Å²) in [4.78, 5) is 12.3. The van der Waals surface area contributed by atoms with Crippen LogP contribution in [0, 0.1) is 0 Å². The first-order chi connectivity index (χ1) is 13.1. The van der Waals surface area contributed by atoms with Crippen LogP contribution in [-0.2, 0) is 4.79 Å². The van der Waals surface area contributed by atoms with Gasteiger partial charge in [0.15, 0.2) is 23.0 Å². The second kappa shape index (κ2) is 6.90. The first kappa shape index (κ1) is 17.3. The molecule has 1 N–H and O–H groups in total. The minimum atomic E-state index is -0.168. The number of hydrogen-bond acceptors (Lipinski definition) is 6. The predicted molar refractivity (Wildman–Crippen MR) is 98.6 cm³/mol. The van der Waals surface area contributed by atoms with E-state index in [2.05, 4.69) is 5.32 Å². The van der Waals surface area contributed by atoms with Crippen LogP contribution in [0.4, 0.5) is 5.69 Å². The highest BCUT2D eigenvalue weighted by atomic mass is 16.6. The quantitative estimate of drug-likeness (QED) is 0.891. The maximum absolute atomic E-state index is 12.3. The summed E-state index contributed by atoms with van der Waals surface area (Å²) in [5.41, 5.74) is 2.60. The molecular weight excluding hydrogens is 350 g/mol. The number of fused-ring (bicyclic) bond motifs is 2. The normalized spacial score (nSPS) is 17.6. The van der Waals surface area contributed by atoms with Gasteiger partial charge in [0, 0.05) is 24.1 Å². The Morgan fingerprint density at radius 3 is 2.15 bits per heavy atom. The number of carbonyl (C=O) groups is 1. The van der Waals surface area contributed by atoms with E-state index in [9.17, 15) is 4.79 Å². The molecule has 142 valence electrons. The molecule has 0 saturated heterocycles. The van der Waals surface area contributed by atoms with Crippen molar-refractivity contribution in [2.45, 2.75) is 12.3 Å². The van der Waals surface area contributed by atoms with Gasteiger partial charge in [-0.1, -0.05) is 0 Å². The van der Waals surface area contributed by atoms with Gasteiger partial charge in [0.25, 0.3) is 0 Å². The zero-order valence-electron chi connectivity index (χ0n) is 15.5. The molecule has 0 unspecified atom stereocenters. The van der Waals surface area contributed by atoms with Crippen LogP contribution in [0.3, 0.4) is 0 Å². The van der Waals surface area contributed by atoms with E-state index in [0.717, 1.165) is 16.8 Å². The van der Waals surface area contributed by atoms with E-state index in [4.69, 9.17) is 23.7 Å². The highest BCUT2D eigenvalue weighted by Crippen LogP contribution is 2.47. The van der Waals surface area contributed by atoms with Crippen molar-refractivity contribution < 1.29 is 28.5 Å². The lowest BCUT2D eigenvalue weighted by Crippen LogP contribution is -2.25. The molecule has 2 heterocycles. The van der Waals surface area contributed by atoms with Crippen molar-refractivity contribution in [3.63, 3.8) is 0 Å². The van der Waals surface area contributed by atoms with E-state index in [1.807, 2.05) is 24.3 Å². The third-order valence-electron chi connectivity index (χ3n) is 4.84. The maximum Gasteiger partial charge on any atom is 0.225 e. The molecule has 0 aromatic heterocycles. The van der Waals surface area contributed by atoms with E-state index in [0.29, 0.717) is 48.4 Å². The third kappa shape index (κ3) is 2.99. The Bertz CT molecular complexity index is 869. The highest BCUT2D eigenvalue weighted by Gasteiger charge is 2.31. The number of benzene rings is 2. The smallest absolute Gasteiger partial charge is 0.225 e. The summed E-state index contributed by atoms with van der Waals surface area (Å²) in [7, 11) is 4.71. The molecule has 2 aromatic rings. The van der Waals surface area contributed by atoms with Crippen LogP contribution in [0.1, 0.15) is 23.5 Å². The van der Waals surface area contributed by atoms with Crippen molar-refractivity contribution in [3.8, 4) is 28.7 Å². The first-order valence-corrected chi connectivity index (χ1v) is 8.68. The monoisotopic (exact) mass is 371 g/mol. The number of anilines is 1. The Hall–Kier alpha value is -3.09. The lowest BCUT2D eigenvalue weighted by molar-refractivity contribution is -0.116. The van der Waals surface area contributed by atoms with E-state index in [1.54, 1.807) is 21.3 Å². The van der Waals surface area contributed by atoms with Crippen LogP contribution in [0.2, 0.25) is 0 Å². The fourth-order valence-corrected chi connectivity index (χ4v) is 3.60. The van der Waals surface area contributed by atoms with Crippen LogP contribution in [0.15, 0.2) is 24.3 Å². The molecule has 2 aromatic carbocycles. The molecule has 4 rings (SSSR count). The largest absolute Gasteiger partial charge is 0.493 e. The minimum absolute atomic E-state index is 0.0575. The van der Waals surface area contributed by atoms with Gasteiger partial charge in [0.1, 0.15) is 13.2 Å². The topological polar surface area (TPSA) is 75.3 Å². The van der Waals surface area contributed by atoms with E-state index in [1.165, 1.54) is 0 Å². The Morgan fingerprint density at radius 1 is 0.926 bits per heavy atom. The number of carbonyl (C=O) groups excluding carboxylic acids is 1. The Labute approximate surface area is 157 Å². The van der Waals surface area contributed by atoms with E-state index >= 15 is 0 Å². The molecule has 1 atom stereocenters. The van der Waals surface area contributed by atoms with Crippen molar-refractivity contribution in [1.82, 2.24) is 0 Å². The van der Waals surface area contributed by atoms with E-state index < -0.39 is 0 Å². The average molecular weight is 371 g/mol. The second-order valence-electron chi connectivity index (χ2n) is 6.35. The Morgan fingerprint density at radius 2 is 1.56 bits per heavy atom. The molecule has 0 radical (unpaired) electrons. The van der Waals surface area contributed by atoms with Crippen LogP contribution in [-0.4, -0.2) is 40.5 Å². The Balaban J connectivity index is 1.84. The third-order valence-corrected chi connectivity index (χ3v) is 4.84. The molecule has 27 heavy (non-hydrogen) atoms. The first-order valence-electron chi connectivity index (χ1n) is 8.68. The van der Waals surface area contributed by atoms with Gasteiger partial charge in [-0.25, -0.2) is 0 Å². The summed E-state index contributed by atoms with van der Waals surface area (Å²) >= 11 is 0. The fourth-order valence-electron chi connectivity index (χ4n) is 3.60. The molecule has 0 spiro atoms. The molecular formula is C20H21NO6. The maximum atomic E-state index is 12.3. The lowest BCUT2D eigenvalue weighted by atomic mass is 9.84. The van der Waals surface area contributed by atoms with Crippen molar-refractivity contribution in [1.29, 1.82) is 0 Å². The zero-order valence-corrected chi connectivity index (χ0v) is 15.5. The lowest BCUT2D eigenvalue weighted by Gasteiger charge is -2.29. The van der Waals surface area contributed by atoms with Crippen molar-refractivity contribution in [2.75, 3.05) is 39.9 Å². The molecule has 2 aliphatic rings. The molecule has 2 aliphatic heterocycles. The Kier molecular flexibility index (Phi) is 4.43. The van der Waals surface area contributed by atoms with Gasteiger partial charge < -0.3 is 29.0 Å². The molecule has 0 fully saturated rings. The summed E-state index contributed by atoms with van der Waals surface area (Å²) in [6.07, 6.45) is 0.311. The molecule has 0 bridgehead atoms. The van der Waals surface area contributed by atoms with Crippen LogP contribution in [0.25, 0.3) is 0 Å². The summed E-state index contributed by atoms with van der Waals surface area (Å²) in [5, 5.41) is 2.93. The van der Waals surface area contributed by atoms with Crippen molar-refractivity contribution in [2.24, 2.45) is 0 Å². The minimum Gasteiger partial charge on any atom is -0.493 e. The van der Waals surface area contributed by atoms with Gasteiger partial charge in [-0.2, -0.15) is 0 Å². The molecule has 0 saturated carbocycles. The predicted octanol–water partition coefficient (Wildman–Crippen LogP) is 2.96. The summed E-state index contributed by atoms with van der Waals surface area (Å²) in [6, 6.07) is 7.53. The average Bonchev–Trinajstić information content (AvgIpc) is 2.70. The van der Waals surface area contributed by atoms with E-state index in [-0.39, 0.29) is 11.8 Å². The molecule has 7 heteroatoms. The van der Waals surface area contributed by atoms with Crippen LogP contribution in [0.5, 0.6) is 28.7 Å². The van der Waals surface area contributed by atoms with Crippen molar-refractivity contribution in [3.05, 3.63) is 35.4 Å². The van der Waals surface area contributed by atoms with Crippen LogP contribution >= 0.6 is 0 Å². The van der Waals surface area contributed by atoms with Gasteiger partial charge in [-0.15, -0.1) is 0 Å². The molecule has 0 aliphatic carbocycles. The SMILES string of the molecule is COc1cc([C@H]2CC(=O)Nc3cc4c(cc32)OCCO4)cc(OC)c1OC.